The van der Waals surface area contributed by atoms with Crippen LogP contribution in [0.5, 0.6) is 5.75 Å². The molecular formula is C14H13BrN2O4S. The Balaban J connectivity index is 2.09. The highest BCUT2D eigenvalue weighted by Crippen LogP contribution is 2.20. The summed E-state index contributed by atoms with van der Waals surface area (Å²) in [7, 11) is -3.65. The van der Waals surface area contributed by atoms with E-state index in [0.29, 0.717) is 11.4 Å². The van der Waals surface area contributed by atoms with Gasteiger partial charge in [0.15, 0.2) is 6.61 Å². The van der Waals surface area contributed by atoms with Gasteiger partial charge in [0.05, 0.1) is 4.90 Å². The van der Waals surface area contributed by atoms with Gasteiger partial charge in [-0.1, -0.05) is 15.9 Å². The lowest BCUT2D eigenvalue weighted by Gasteiger charge is -2.09. The van der Waals surface area contributed by atoms with Crippen LogP contribution in [0, 0.1) is 0 Å². The molecule has 22 heavy (non-hydrogen) atoms. The third kappa shape index (κ3) is 4.47. The Morgan fingerprint density at radius 3 is 2.23 bits per heavy atom. The van der Waals surface area contributed by atoms with Crippen LogP contribution in [0.3, 0.4) is 0 Å². The van der Waals surface area contributed by atoms with Crippen LogP contribution < -0.4 is 15.2 Å². The van der Waals surface area contributed by atoms with Crippen molar-refractivity contribution in [3.8, 4) is 5.75 Å². The van der Waals surface area contributed by atoms with Gasteiger partial charge >= 0.3 is 0 Å². The van der Waals surface area contributed by atoms with Gasteiger partial charge in [-0.25, -0.2) is 8.42 Å². The van der Waals surface area contributed by atoms with Gasteiger partial charge in [0.1, 0.15) is 5.75 Å². The number of nitrogens with one attached hydrogen (secondary N) is 1. The van der Waals surface area contributed by atoms with Crippen molar-refractivity contribution >= 4 is 37.5 Å². The summed E-state index contributed by atoms with van der Waals surface area (Å²) in [5.41, 5.74) is 5.35. The maximum absolute atomic E-state index is 12.2. The number of ether oxygens (including phenoxy) is 1. The summed E-state index contributed by atoms with van der Waals surface area (Å²) >= 11 is 3.25. The number of amides is 1. The molecule has 0 aromatic heterocycles. The number of carbonyl (C=O) groups is 1. The van der Waals surface area contributed by atoms with Crippen LogP contribution in [0.25, 0.3) is 0 Å². The molecular weight excluding hydrogens is 372 g/mol. The standard InChI is InChI=1S/C14H13BrN2O4S/c15-10-1-7-13(8-2-10)22(19,20)17-11-3-5-12(6-4-11)21-9-14(16)18/h1-8,17H,9H2,(H2,16,18). The van der Waals surface area contributed by atoms with Crippen LogP contribution in [-0.4, -0.2) is 20.9 Å². The molecule has 0 radical (unpaired) electrons. The number of nitrogens with two attached hydrogens (primary N) is 1. The van der Waals surface area contributed by atoms with Crippen LogP contribution in [0.4, 0.5) is 5.69 Å². The fourth-order valence-electron chi connectivity index (χ4n) is 1.60. The molecule has 0 aliphatic heterocycles. The maximum Gasteiger partial charge on any atom is 0.261 e. The van der Waals surface area contributed by atoms with Crippen LogP contribution in [0.2, 0.25) is 0 Å². The van der Waals surface area contributed by atoms with Crippen molar-refractivity contribution in [2.75, 3.05) is 11.3 Å². The average molecular weight is 385 g/mol. The number of anilines is 1. The fraction of sp³-hybridized carbons (Fsp3) is 0.0714. The zero-order valence-electron chi connectivity index (χ0n) is 11.3. The Morgan fingerprint density at radius 2 is 1.68 bits per heavy atom. The summed E-state index contributed by atoms with van der Waals surface area (Å²) in [5, 5.41) is 0. The number of rotatable bonds is 6. The van der Waals surface area contributed by atoms with Gasteiger partial charge in [0.25, 0.3) is 15.9 Å². The minimum atomic E-state index is -3.65. The Hall–Kier alpha value is -2.06. The van der Waals surface area contributed by atoms with Crippen molar-refractivity contribution in [2.45, 2.75) is 4.90 Å². The fourth-order valence-corrected chi connectivity index (χ4v) is 2.92. The van der Waals surface area contributed by atoms with E-state index in [1.165, 1.54) is 24.3 Å². The number of carbonyl (C=O) groups excluding carboxylic acids is 1. The van der Waals surface area contributed by atoms with E-state index in [9.17, 15) is 13.2 Å². The molecule has 0 saturated carbocycles. The molecule has 0 bridgehead atoms. The highest BCUT2D eigenvalue weighted by Gasteiger charge is 2.13. The summed E-state index contributed by atoms with van der Waals surface area (Å²) in [6.45, 7) is -0.232. The van der Waals surface area contributed by atoms with E-state index < -0.39 is 15.9 Å². The monoisotopic (exact) mass is 384 g/mol. The van der Waals surface area contributed by atoms with E-state index in [1.807, 2.05) is 0 Å². The van der Waals surface area contributed by atoms with Crippen molar-refractivity contribution < 1.29 is 17.9 Å². The molecule has 2 aromatic rings. The van der Waals surface area contributed by atoms with Crippen LogP contribution in [0.1, 0.15) is 0 Å². The largest absolute Gasteiger partial charge is 0.484 e. The van der Waals surface area contributed by atoms with Crippen molar-refractivity contribution in [1.82, 2.24) is 0 Å². The first-order valence-electron chi connectivity index (χ1n) is 6.16. The molecule has 6 nitrogen and oxygen atoms in total. The average Bonchev–Trinajstić information content (AvgIpc) is 2.46. The topological polar surface area (TPSA) is 98.5 Å². The van der Waals surface area contributed by atoms with E-state index in [0.717, 1.165) is 4.47 Å². The molecule has 0 fully saturated rings. The van der Waals surface area contributed by atoms with Crippen LogP contribution in [0.15, 0.2) is 57.9 Å². The van der Waals surface area contributed by atoms with Crippen molar-refractivity contribution in [3.05, 3.63) is 53.0 Å². The van der Waals surface area contributed by atoms with Crippen molar-refractivity contribution in [1.29, 1.82) is 0 Å². The van der Waals surface area contributed by atoms with E-state index in [-0.39, 0.29) is 11.5 Å². The highest BCUT2D eigenvalue weighted by molar-refractivity contribution is 9.10. The van der Waals surface area contributed by atoms with E-state index >= 15 is 0 Å². The molecule has 116 valence electrons. The minimum absolute atomic E-state index is 0.157. The molecule has 2 aromatic carbocycles. The SMILES string of the molecule is NC(=O)COc1ccc(NS(=O)(=O)c2ccc(Br)cc2)cc1. The van der Waals surface area contributed by atoms with Gasteiger partial charge in [0.2, 0.25) is 0 Å². The van der Waals surface area contributed by atoms with Crippen LogP contribution >= 0.6 is 15.9 Å². The zero-order valence-corrected chi connectivity index (χ0v) is 13.7. The summed E-state index contributed by atoms with van der Waals surface area (Å²) in [5.74, 6) is -0.162. The van der Waals surface area contributed by atoms with Gasteiger partial charge in [-0.2, -0.15) is 0 Å². The van der Waals surface area contributed by atoms with E-state index in [2.05, 4.69) is 20.7 Å². The Morgan fingerprint density at radius 1 is 1.09 bits per heavy atom. The third-order valence-corrected chi connectivity index (χ3v) is 4.54. The molecule has 0 unspecified atom stereocenters. The predicted octanol–water partition coefficient (Wildman–Crippen LogP) is 2.11. The summed E-state index contributed by atoms with van der Waals surface area (Å²) < 4.78 is 32.7. The molecule has 0 heterocycles. The summed E-state index contributed by atoms with van der Waals surface area (Å²) in [4.78, 5) is 10.8. The second-order valence-corrected chi connectivity index (χ2v) is 6.94. The summed E-state index contributed by atoms with van der Waals surface area (Å²) in [6, 6.07) is 12.4. The number of sulfonamides is 1. The Bertz CT molecular complexity index is 758. The lowest BCUT2D eigenvalue weighted by atomic mass is 10.3. The zero-order chi connectivity index (χ0) is 16.2. The van der Waals surface area contributed by atoms with Gasteiger partial charge in [-0.05, 0) is 48.5 Å². The highest BCUT2D eigenvalue weighted by atomic mass is 79.9. The third-order valence-electron chi connectivity index (χ3n) is 2.61. The van der Waals surface area contributed by atoms with E-state index in [4.69, 9.17) is 10.5 Å². The summed E-state index contributed by atoms with van der Waals surface area (Å²) in [6.07, 6.45) is 0. The van der Waals surface area contributed by atoms with Crippen molar-refractivity contribution in [2.24, 2.45) is 5.73 Å². The molecule has 0 saturated heterocycles. The maximum atomic E-state index is 12.2. The molecule has 0 aliphatic rings. The number of hydrogen-bond acceptors (Lipinski definition) is 4. The van der Waals surface area contributed by atoms with Gasteiger partial charge in [-0.15, -0.1) is 0 Å². The second kappa shape index (κ2) is 6.80. The number of halogens is 1. The molecule has 3 N–H and O–H groups in total. The molecule has 0 atom stereocenters. The first-order valence-corrected chi connectivity index (χ1v) is 8.44. The number of benzene rings is 2. The Labute approximate surface area is 136 Å². The molecule has 0 aliphatic carbocycles. The van der Waals surface area contributed by atoms with Crippen molar-refractivity contribution in [3.63, 3.8) is 0 Å². The predicted molar refractivity (Wildman–Crippen MR) is 86.1 cm³/mol. The Kier molecular flexibility index (Phi) is 5.04. The number of primary amides is 1. The van der Waals surface area contributed by atoms with Gasteiger partial charge in [0, 0.05) is 10.2 Å². The molecule has 0 spiro atoms. The first-order chi connectivity index (χ1) is 10.4. The molecule has 2 rings (SSSR count). The molecule has 1 amide bonds. The van der Waals surface area contributed by atoms with Gasteiger partial charge < -0.3 is 10.5 Å². The lowest BCUT2D eigenvalue weighted by molar-refractivity contribution is -0.119. The van der Waals surface area contributed by atoms with Crippen LogP contribution in [-0.2, 0) is 14.8 Å². The second-order valence-electron chi connectivity index (χ2n) is 4.34. The quantitative estimate of drug-likeness (QED) is 0.796. The van der Waals surface area contributed by atoms with Gasteiger partial charge in [-0.3, -0.25) is 9.52 Å². The first kappa shape index (κ1) is 16.3. The lowest BCUT2D eigenvalue weighted by Crippen LogP contribution is -2.20. The normalized spacial score (nSPS) is 11.0. The molecule has 8 heteroatoms. The minimum Gasteiger partial charge on any atom is -0.484 e. The smallest absolute Gasteiger partial charge is 0.261 e. The van der Waals surface area contributed by atoms with E-state index in [1.54, 1.807) is 24.3 Å². The number of hydrogen-bond donors (Lipinski definition) is 2.